The number of rotatable bonds is 4. The Kier molecular flexibility index (Phi) is 5.92. The summed E-state index contributed by atoms with van der Waals surface area (Å²) < 4.78 is 0. The Balaban J connectivity index is 3.44. The van der Waals surface area contributed by atoms with Crippen molar-refractivity contribution in [2.24, 2.45) is 11.8 Å². The molecular formula is C8H18PSe. The van der Waals surface area contributed by atoms with E-state index in [0.717, 1.165) is 11.8 Å². The van der Waals surface area contributed by atoms with Crippen LogP contribution >= 0.6 is 6.17 Å². The Morgan fingerprint density at radius 1 is 1.00 bits per heavy atom. The van der Waals surface area contributed by atoms with Gasteiger partial charge in [-0.15, -0.1) is 0 Å². The van der Waals surface area contributed by atoms with Crippen molar-refractivity contribution >= 4 is 21.3 Å². The Hall–Kier alpha value is 0.819. The standard InChI is InChI=1S/C8H18PSe/c1-7(2)5-9(10)6-8(3)4/h7-8H,5-6H2,1-4H3. The van der Waals surface area contributed by atoms with E-state index >= 15 is 0 Å². The third-order valence-corrected chi connectivity index (χ3v) is 5.29. The van der Waals surface area contributed by atoms with Gasteiger partial charge in [0.05, 0.1) is 0 Å². The Bertz CT molecular complexity index is 95.8. The second kappa shape index (κ2) is 5.47. The maximum atomic E-state index is 3.30. The average Bonchev–Trinajstić information content (AvgIpc) is 1.58. The van der Waals surface area contributed by atoms with E-state index in [-0.39, 0.29) is 6.17 Å². The zero-order chi connectivity index (χ0) is 8.15. The SMILES string of the molecule is CC(C)C[P](=[Se])CC(C)C. The molecule has 0 amide bonds. The van der Waals surface area contributed by atoms with Crippen molar-refractivity contribution in [2.45, 2.75) is 27.7 Å². The Morgan fingerprint density at radius 2 is 1.30 bits per heavy atom. The van der Waals surface area contributed by atoms with Gasteiger partial charge in [0.1, 0.15) is 0 Å². The first-order valence-corrected chi connectivity index (χ1v) is 7.87. The second-order valence-corrected chi connectivity index (χ2v) is 8.58. The fourth-order valence-electron chi connectivity index (χ4n) is 0.889. The molecular weight excluding hydrogens is 206 g/mol. The van der Waals surface area contributed by atoms with Crippen molar-refractivity contribution in [1.29, 1.82) is 0 Å². The van der Waals surface area contributed by atoms with Crippen LogP contribution in [0.4, 0.5) is 0 Å². The molecule has 0 fully saturated rings. The van der Waals surface area contributed by atoms with E-state index in [1.165, 1.54) is 12.3 Å². The summed E-state index contributed by atoms with van der Waals surface area (Å²) in [6, 6.07) is 0. The van der Waals surface area contributed by atoms with Crippen molar-refractivity contribution in [3.8, 4) is 0 Å². The van der Waals surface area contributed by atoms with Crippen molar-refractivity contribution in [3.05, 3.63) is 0 Å². The summed E-state index contributed by atoms with van der Waals surface area (Å²) in [6.07, 6.45) is 3.01. The quantitative estimate of drug-likeness (QED) is 0.508. The van der Waals surface area contributed by atoms with Crippen molar-refractivity contribution < 1.29 is 0 Å². The molecule has 1 radical (unpaired) electrons. The first-order chi connectivity index (χ1) is 4.52. The van der Waals surface area contributed by atoms with E-state index in [0.29, 0.717) is 0 Å². The summed E-state index contributed by atoms with van der Waals surface area (Å²) in [5.74, 6) is 1.73. The van der Waals surface area contributed by atoms with Gasteiger partial charge < -0.3 is 0 Å². The first-order valence-electron chi connectivity index (χ1n) is 3.94. The minimum atomic E-state index is 0.216. The van der Waals surface area contributed by atoms with E-state index in [1.54, 1.807) is 0 Å². The van der Waals surface area contributed by atoms with E-state index in [2.05, 4.69) is 42.8 Å². The van der Waals surface area contributed by atoms with Crippen LogP contribution in [0.5, 0.6) is 0 Å². The molecule has 0 aromatic heterocycles. The zero-order valence-electron chi connectivity index (χ0n) is 7.42. The molecule has 0 heterocycles. The molecule has 0 aliphatic heterocycles. The van der Waals surface area contributed by atoms with Gasteiger partial charge in [-0.1, -0.05) is 0 Å². The third-order valence-electron chi connectivity index (χ3n) is 1.14. The van der Waals surface area contributed by atoms with E-state index in [9.17, 15) is 0 Å². The van der Waals surface area contributed by atoms with Gasteiger partial charge in [0.15, 0.2) is 0 Å². The molecule has 0 N–H and O–H groups in total. The molecule has 0 saturated heterocycles. The molecule has 0 aromatic rings. The maximum absolute atomic E-state index is 3.30. The molecule has 0 atom stereocenters. The molecule has 0 bridgehead atoms. The van der Waals surface area contributed by atoms with Crippen LogP contribution in [0.15, 0.2) is 0 Å². The van der Waals surface area contributed by atoms with Crippen LogP contribution in [-0.4, -0.2) is 27.4 Å². The molecule has 0 unspecified atom stereocenters. The van der Waals surface area contributed by atoms with Gasteiger partial charge in [-0.3, -0.25) is 0 Å². The number of hydrogen-bond acceptors (Lipinski definition) is 0. The molecule has 0 rings (SSSR count). The van der Waals surface area contributed by atoms with Gasteiger partial charge in [-0.25, -0.2) is 0 Å². The van der Waals surface area contributed by atoms with Gasteiger partial charge in [0.25, 0.3) is 0 Å². The van der Waals surface area contributed by atoms with Gasteiger partial charge in [0, 0.05) is 0 Å². The summed E-state index contributed by atoms with van der Waals surface area (Å²) in [5, 5.41) is 0. The molecule has 0 aliphatic rings. The summed E-state index contributed by atoms with van der Waals surface area (Å²) in [5.41, 5.74) is 0. The number of hydrogen-bond donors (Lipinski definition) is 0. The van der Waals surface area contributed by atoms with Crippen LogP contribution in [0.25, 0.3) is 0 Å². The summed E-state index contributed by atoms with van der Waals surface area (Å²) >= 11 is 3.30. The Morgan fingerprint density at radius 3 is 1.50 bits per heavy atom. The minimum absolute atomic E-state index is 0.216. The summed E-state index contributed by atoms with van der Waals surface area (Å²) in [4.78, 5) is 0. The van der Waals surface area contributed by atoms with Crippen LogP contribution < -0.4 is 0 Å². The first kappa shape index (κ1) is 10.8. The summed E-state index contributed by atoms with van der Waals surface area (Å²) in [6.45, 7) is 9.19. The predicted molar refractivity (Wildman–Crippen MR) is 52.1 cm³/mol. The van der Waals surface area contributed by atoms with E-state index in [4.69, 9.17) is 0 Å². The van der Waals surface area contributed by atoms with Crippen LogP contribution in [-0.2, 0) is 0 Å². The van der Waals surface area contributed by atoms with E-state index in [1.807, 2.05) is 0 Å². The zero-order valence-corrected chi connectivity index (χ0v) is 10.0. The van der Waals surface area contributed by atoms with Crippen molar-refractivity contribution in [1.82, 2.24) is 0 Å². The molecule has 0 spiro atoms. The molecule has 0 nitrogen and oxygen atoms in total. The normalized spacial score (nSPS) is 11.0. The predicted octanol–water partition coefficient (Wildman–Crippen LogP) is 2.86. The fraction of sp³-hybridized carbons (Fsp3) is 1.00. The van der Waals surface area contributed by atoms with Gasteiger partial charge in [-0.05, 0) is 0 Å². The molecule has 0 aliphatic carbocycles. The van der Waals surface area contributed by atoms with E-state index < -0.39 is 0 Å². The second-order valence-electron chi connectivity index (χ2n) is 3.63. The van der Waals surface area contributed by atoms with Crippen LogP contribution in [0.2, 0.25) is 0 Å². The van der Waals surface area contributed by atoms with Crippen molar-refractivity contribution in [2.75, 3.05) is 12.3 Å². The molecule has 2 heteroatoms. The average molecular weight is 224 g/mol. The van der Waals surface area contributed by atoms with Crippen LogP contribution in [0.1, 0.15) is 27.7 Å². The monoisotopic (exact) mass is 225 g/mol. The van der Waals surface area contributed by atoms with Crippen LogP contribution in [0.3, 0.4) is 0 Å². The molecule has 0 aromatic carbocycles. The third kappa shape index (κ3) is 6.93. The van der Waals surface area contributed by atoms with Gasteiger partial charge in [-0.2, -0.15) is 0 Å². The molecule has 0 saturated carbocycles. The van der Waals surface area contributed by atoms with Crippen LogP contribution in [0, 0.1) is 11.8 Å². The Labute approximate surface area is 73.4 Å². The molecule has 61 valence electrons. The van der Waals surface area contributed by atoms with Gasteiger partial charge >= 0.3 is 73.1 Å². The fourth-order valence-corrected chi connectivity index (χ4v) is 6.42. The molecule has 10 heavy (non-hydrogen) atoms. The topological polar surface area (TPSA) is 0 Å². The summed E-state index contributed by atoms with van der Waals surface area (Å²) in [7, 11) is 0. The van der Waals surface area contributed by atoms with Gasteiger partial charge in [0.2, 0.25) is 0 Å². The van der Waals surface area contributed by atoms with Crippen molar-refractivity contribution in [3.63, 3.8) is 0 Å².